The average molecular weight is 379 g/mol. The predicted octanol–water partition coefficient (Wildman–Crippen LogP) is 3.63. The van der Waals surface area contributed by atoms with Gasteiger partial charge in [0.1, 0.15) is 5.82 Å². The molecule has 0 radical (unpaired) electrons. The Hall–Kier alpha value is -2.67. The summed E-state index contributed by atoms with van der Waals surface area (Å²) >= 11 is 1.20. The van der Waals surface area contributed by atoms with Crippen molar-refractivity contribution in [1.29, 1.82) is 0 Å². The molecule has 1 aliphatic heterocycles. The third-order valence-corrected chi connectivity index (χ3v) is 5.45. The average Bonchev–Trinajstić information content (AvgIpc) is 3.22. The molecule has 1 aromatic carbocycles. The highest BCUT2D eigenvalue weighted by atomic mass is 32.1. The van der Waals surface area contributed by atoms with Gasteiger partial charge in [-0.15, -0.1) is 5.10 Å². The molecular formula is C20H21N5OS. The van der Waals surface area contributed by atoms with Crippen LogP contribution in [0.25, 0.3) is 11.1 Å². The molecule has 0 aliphatic carbocycles. The lowest BCUT2D eigenvalue weighted by Crippen LogP contribution is -2.39. The zero-order chi connectivity index (χ0) is 18.8. The van der Waals surface area contributed by atoms with Crippen molar-refractivity contribution in [3.8, 4) is 11.1 Å². The number of rotatable bonds is 3. The van der Waals surface area contributed by atoms with Gasteiger partial charge < -0.3 is 4.90 Å². The lowest BCUT2D eigenvalue weighted by Gasteiger charge is -2.33. The summed E-state index contributed by atoms with van der Waals surface area (Å²) in [5.74, 6) is 0.899. The van der Waals surface area contributed by atoms with E-state index in [1.807, 2.05) is 18.0 Å². The summed E-state index contributed by atoms with van der Waals surface area (Å²) in [6.45, 7) is 5.39. The minimum atomic E-state index is -0.0451. The van der Waals surface area contributed by atoms with Gasteiger partial charge in [-0.2, -0.15) is 0 Å². The van der Waals surface area contributed by atoms with Crippen LogP contribution in [-0.4, -0.2) is 43.5 Å². The molecule has 1 atom stereocenters. The van der Waals surface area contributed by atoms with E-state index in [1.165, 1.54) is 17.1 Å². The fourth-order valence-electron chi connectivity index (χ4n) is 3.64. The maximum absolute atomic E-state index is 12.7. The Morgan fingerprint density at radius 3 is 2.96 bits per heavy atom. The van der Waals surface area contributed by atoms with E-state index < -0.39 is 0 Å². The zero-order valence-electron chi connectivity index (χ0n) is 15.4. The first-order valence-corrected chi connectivity index (χ1v) is 9.92. The van der Waals surface area contributed by atoms with E-state index in [4.69, 9.17) is 4.98 Å². The molecule has 3 aromatic rings. The normalized spacial score (nSPS) is 17.1. The van der Waals surface area contributed by atoms with Crippen LogP contribution in [0.4, 0.5) is 0 Å². The van der Waals surface area contributed by atoms with Crippen molar-refractivity contribution in [2.75, 3.05) is 13.1 Å². The van der Waals surface area contributed by atoms with Crippen LogP contribution in [0.5, 0.6) is 0 Å². The SMILES string of the molecule is Cc1cccc(-c2cnc(C)nc2[C@H]2CCCN(C(=O)c3csnn3)C2)c1. The minimum Gasteiger partial charge on any atom is -0.337 e. The molecular weight excluding hydrogens is 358 g/mol. The summed E-state index contributed by atoms with van der Waals surface area (Å²) in [6.07, 6.45) is 3.87. The summed E-state index contributed by atoms with van der Waals surface area (Å²) in [7, 11) is 0. The zero-order valence-corrected chi connectivity index (χ0v) is 16.2. The number of aromatic nitrogens is 4. The lowest BCUT2D eigenvalue weighted by atomic mass is 9.89. The van der Waals surface area contributed by atoms with Crippen LogP contribution in [0.15, 0.2) is 35.8 Å². The van der Waals surface area contributed by atoms with Gasteiger partial charge in [0.05, 0.1) is 5.69 Å². The van der Waals surface area contributed by atoms with Gasteiger partial charge in [0.15, 0.2) is 5.69 Å². The molecule has 138 valence electrons. The Morgan fingerprint density at radius 1 is 1.30 bits per heavy atom. The van der Waals surface area contributed by atoms with Crippen LogP contribution in [0.3, 0.4) is 0 Å². The first kappa shape index (κ1) is 17.7. The largest absolute Gasteiger partial charge is 0.337 e. The molecule has 7 heteroatoms. The van der Waals surface area contributed by atoms with Gasteiger partial charge in [0, 0.05) is 36.1 Å². The Labute approximate surface area is 162 Å². The molecule has 1 amide bonds. The van der Waals surface area contributed by atoms with E-state index >= 15 is 0 Å². The van der Waals surface area contributed by atoms with E-state index in [0.717, 1.165) is 42.0 Å². The number of carbonyl (C=O) groups is 1. The van der Waals surface area contributed by atoms with Gasteiger partial charge in [-0.3, -0.25) is 4.79 Å². The molecule has 0 spiro atoms. The third-order valence-electron chi connectivity index (χ3n) is 4.94. The second-order valence-corrected chi connectivity index (χ2v) is 7.58. The fourth-order valence-corrected chi connectivity index (χ4v) is 4.07. The van der Waals surface area contributed by atoms with E-state index in [2.05, 4.69) is 45.8 Å². The van der Waals surface area contributed by atoms with Crippen molar-refractivity contribution in [3.05, 3.63) is 58.6 Å². The predicted molar refractivity (Wildman–Crippen MR) is 105 cm³/mol. The molecule has 1 fully saturated rings. The van der Waals surface area contributed by atoms with Gasteiger partial charge in [-0.25, -0.2) is 9.97 Å². The van der Waals surface area contributed by atoms with Crippen LogP contribution >= 0.6 is 11.5 Å². The topological polar surface area (TPSA) is 71.9 Å². The number of likely N-dealkylation sites (tertiary alicyclic amines) is 1. The van der Waals surface area contributed by atoms with E-state index in [1.54, 1.807) is 5.38 Å². The summed E-state index contributed by atoms with van der Waals surface area (Å²) in [5.41, 5.74) is 4.84. The summed E-state index contributed by atoms with van der Waals surface area (Å²) in [6, 6.07) is 8.39. The maximum atomic E-state index is 12.7. The maximum Gasteiger partial charge on any atom is 0.275 e. The number of hydrogen-bond donors (Lipinski definition) is 0. The van der Waals surface area contributed by atoms with Crippen molar-refractivity contribution in [2.45, 2.75) is 32.6 Å². The molecule has 2 aromatic heterocycles. The molecule has 0 saturated carbocycles. The van der Waals surface area contributed by atoms with Crippen LogP contribution in [0.1, 0.15) is 46.3 Å². The smallest absolute Gasteiger partial charge is 0.275 e. The second kappa shape index (κ2) is 7.52. The van der Waals surface area contributed by atoms with Crippen LogP contribution < -0.4 is 0 Å². The number of nitrogens with zero attached hydrogens (tertiary/aromatic N) is 5. The Kier molecular flexibility index (Phi) is 4.94. The summed E-state index contributed by atoms with van der Waals surface area (Å²) < 4.78 is 3.81. The van der Waals surface area contributed by atoms with Crippen LogP contribution in [0, 0.1) is 13.8 Å². The number of piperidine rings is 1. The Bertz CT molecular complexity index is 957. The van der Waals surface area contributed by atoms with Crippen molar-refractivity contribution >= 4 is 17.4 Å². The van der Waals surface area contributed by atoms with Gasteiger partial charge in [-0.05, 0) is 43.8 Å². The molecule has 27 heavy (non-hydrogen) atoms. The second-order valence-electron chi connectivity index (χ2n) is 6.97. The highest BCUT2D eigenvalue weighted by molar-refractivity contribution is 7.03. The molecule has 0 bridgehead atoms. The summed E-state index contributed by atoms with van der Waals surface area (Å²) in [5, 5.41) is 5.64. The van der Waals surface area contributed by atoms with Gasteiger partial charge >= 0.3 is 0 Å². The first-order valence-electron chi connectivity index (χ1n) is 9.08. The van der Waals surface area contributed by atoms with E-state index in [-0.39, 0.29) is 11.8 Å². The number of aryl methyl sites for hydroxylation is 2. The third kappa shape index (κ3) is 3.73. The molecule has 0 N–H and O–H groups in total. The molecule has 1 aliphatic rings. The summed E-state index contributed by atoms with van der Waals surface area (Å²) in [4.78, 5) is 23.8. The Morgan fingerprint density at radius 2 is 2.19 bits per heavy atom. The quantitative estimate of drug-likeness (QED) is 0.695. The van der Waals surface area contributed by atoms with Crippen LogP contribution in [0.2, 0.25) is 0 Å². The monoisotopic (exact) mass is 379 g/mol. The lowest BCUT2D eigenvalue weighted by molar-refractivity contribution is 0.0700. The molecule has 0 unspecified atom stereocenters. The number of hydrogen-bond acceptors (Lipinski definition) is 6. The van der Waals surface area contributed by atoms with Crippen molar-refractivity contribution in [1.82, 2.24) is 24.5 Å². The van der Waals surface area contributed by atoms with Gasteiger partial charge in [0.2, 0.25) is 0 Å². The number of carbonyl (C=O) groups excluding carboxylic acids is 1. The Balaban J connectivity index is 1.66. The highest BCUT2D eigenvalue weighted by Gasteiger charge is 2.29. The van der Waals surface area contributed by atoms with Crippen molar-refractivity contribution in [3.63, 3.8) is 0 Å². The highest BCUT2D eigenvalue weighted by Crippen LogP contribution is 2.33. The standard InChI is InChI=1S/C20H21N5OS/c1-13-5-3-6-15(9-13)17-10-21-14(2)22-19(17)16-7-4-8-25(11-16)20(26)18-12-27-24-23-18/h3,5-6,9-10,12,16H,4,7-8,11H2,1-2H3/t16-/m0/s1. The molecule has 4 rings (SSSR count). The van der Waals surface area contributed by atoms with E-state index in [0.29, 0.717) is 12.2 Å². The molecule has 6 nitrogen and oxygen atoms in total. The van der Waals surface area contributed by atoms with Gasteiger partial charge in [0.25, 0.3) is 5.91 Å². The molecule has 1 saturated heterocycles. The minimum absolute atomic E-state index is 0.0451. The fraction of sp³-hybridized carbons (Fsp3) is 0.350. The van der Waals surface area contributed by atoms with E-state index in [9.17, 15) is 4.79 Å². The van der Waals surface area contributed by atoms with Crippen molar-refractivity contribution < 1.29 is 4.79 Å². The number of amides is 1. The first-order chi connectivity index (χ1) is 13.1. The molecule has 3 heterocycles. The number of benzene rings is 1. The van der Waals surface area contributed by atoms with Crippen LogP contribution in [-0.2, 0) is 0 Å². The van der Waals surface area contributed by atoms with Gasteiger partial charge in [-0.1, -0.05) is 34.3 Å². The van der Waals surface area contributed by atoms with Crippen molar-refractivity contribution in [2.24, 2.45) is 0 Å².